The number of nitrogens with one attached hydrogen (secondary N) is 1. The highest BCUT2D eigenvalue weighted by molar-refractivity contribution is 6.00. The first-order chi connectivity index (χ1) is 6.27. The van der Waals surface area contributed by atoms with Crippen molar-refractivity contribution in [2.75, 3.05) is 0 Å². The summed E-state index contributed by atoms with van der Waals surface area (Å²) in [5, 5.41) is 2.30. The molecule has 13 heavy (non-hydrogen) atoms. The summed E-state index contributed by atoms with van der Waals surface area (Å²) in [5.41, 5.74) is 0.838. The van der Waals surface area contributed by atoms with E-state index in [-0.39, 0.29) is 17.7 Å². The number of imide groups is 1. The Morgan fingerprint density at radius 1 is 1.46 bits per heavy atom. The van der Waals surface area contributed by atoms with Crippen molar-refractivity contribution >= 4 is 11.8 Å². The van der Waals surface area contributed by atoms with Gasteiger partial charge in [-0.25, -0.2) is 0 Å². The van der Waals surface area contributed by atoms with E-state index in [1.54, 1.807) is 12.3 Å². The molecular formula is C9H9NO3. The van der Waals surface area contributed by atoms with Crippen LogP contribution in [0.3, 0.4) is 0 Å². The van der Waals surface area contributed by atoms with Gasteiger partial charge in [0.25, 0.3) is 0 Å². The Morgan fingerprint density at radius 2 is 2.31 bits per heavy atom. The Labute approximate surface area is 74.9 Å². The van der Waals surface area contributed by atoms with E-state index < -0.39 is 0 Å². The molecular weight excluding hydrogens is 170 g/mol. The zero-order valence-corrected chi connectivity index (χ0v) is 6.95. The van der Waals surface area contributed by atoms with Gasteiger partial charge in [0.2, 0.25) is 11.8 Å². The van der Waals surface area contributed by atoms with E-state index >= 15 is 0 Å². The first-order valence-electron chi connectivity index (χ1n) is 4.13. The topological polar surface area (TPSA) is 59.3 Å². The second-order valence-electron chi connectivity index (χ2n) is 3.06. The van der Waals surface area contributed by atoms with Crippen LogP contribution in [0.1, 0.15) is 24.3 Å². The van der Waals surface area contributed by atoms with Gasteiger partial charge >= 0.3 is 0 Å². The molecule has 0 bridgehead atoms. The van der Waals surface area contributed by atoms with Gasteiger partial charge in [0.05, 0.1) is 18.4 Å². The highest BCUT2D eigenvalue weighted by atomic mass is 16.3. The van der Waals surface area contributed by atoms with Crippen LogP contribution in [0.25, 0.3) is 0 Å². The number of furan rings is 1. The molecule has 1 unspecified atom stereocenters. The number of hydrogen-bond acceptors (Lipinski definition) is 3. The monoisotopic (exact) mass is 179 g/mol. The molecule has 1 atom stereocenters. The summed E-state index contributed by atoms with van der Waals surface area (Å²) in [6.45, 7) is 0. The summed E-state index contributed by atoms with van der Waals surface area (Å²) in [7, 11) is 0. The van der Waals surface area contributed by atoms with Crippen molar-refractivity contribution in [2.45, 2.75) is 18.8 Å². The van der Waals surface area contributed by atoms with Gasteiger partial charge in [0.15, 0.2) is 0 Å². The Bertz CT molecular complexity index is 329. The normalized spacial score (nSPS) is 22.9. The van der Waals surface area contributed by atoms with Gasteiger partial charge < -0.3 is 4.42 Å². The molecule has 1 aliphatic heterocycles. The molecule has 0 saturated carbocycles. The number of amides is 2. The minimum absolute atomic E-state index is 0.190. The Morgan fingerprint density at radius 3 is 2.92 bits per heavy atom. The van der Waals surface area contributed by atoms with E-state index in [4.69, 9.17) is 4.42 Å². The highest BCUT2D eigenvalue weighted by Crippen LogP contribution is 2.24. The summed E-state index contributed by atoms with van der Waals surface area (Å²) in [6.07, 6.45) is 4.05. The Balaban J connectivity index is 2.17. The first kappa shape index (κ1) is 8.04. The van der Waals surface area contributed by atoms with E-state index in [1.807, 2.05) is 0 Å². The molecule has 0 spiro atoms. The summed E-state index contributed by atoms with van der Waals surface area (Å²) in [5.74, 6) is -0.640. The van der Waals surface area contributed by atoms with E-state index in [1.165, 1.54) is 6.26 Å². The molecule has 1 aromatic rings. The lowest BCUT2D eigenvalue weighted by molar-refractivity contribution is -0.134. The van der Waals surface area contributed by atoms with Crippen molar-refractivity contribution < 1.29 is 14.0 Å². The maximum Gasteiger partial charge on any atom is 0.234 e. The lowest BCUT2D eigenvalue weighted by Crippen LogP contribution is -2.39. The van der Waals surface area contributed by atoms with Crippen molar-refractivity contribution in [1.82, 2.24) is 5.32 Å². The zero-order chi connectivity index (χ0) is 9.26. The molecule has 0 aromatic carbocycles. The van der Waals surface area contributed by atoms with Crippen molar-refractivity contribution in [1.29, 1.82) is 0 Å². The van der Waals surface area contributed by atoms with Crippen LogP contribution in [-0.4, -0.2) is 11.8 Å². The molecule has 2 rings (SSSR count). The average Bonchev–Trinajstić information content (AvgIpc) is 2.56. The van der Waals surface area contributed by atoms with Crippen molar-refractivity contribution in [3.63, 3.8) is 0 Å². The van der Waals surface area contributed by atoms with Gasteiger partial charge in [-0.05, 0) is 12.5 Å². The summed E-state index contributed by atoms with van der Waals surface area (Å²) >= 11 is 0. The largest absolute Gasteiger partial charge is 0.472 e. The first-order valence-corrected chi connectivity index (χ1v) is 4.13. The number of rotatable bonds is 1. The average molecular weight is 179 g/mol. The lowest BCUT2D eigenvalue weighted by atomic mass is 9.93. The van der Waals surface area contributed by atoms with Crippen LogP contribution >= 0.6 is 0 Å². The smallest absolute Gasteiger partial charge is 0.234 e. The molecule has 1 saturated heterocycles. The predicted octanol–water partition coefficient (Wildman–Crippen LogP) is 0.800. The maximum atomic E-state index is 11.3. The number of piperidine rings is 1. The maximum absolute atomic E-state index is 11.3. The third-order valence-corrected chi connectivity index (χ3v) is 2.18. The van der Waals surface area contributed by atoms with E-state index in [0.29, 0.717) is 12.8 Å². The predicted molar refractivity (Wildman–Crippen MR) is 43.8 cm³/mol. The quantitative estimate of drug-likeness (QED) is 0.648. The van der Waals surface area contributed by atoms with Crippen LogP contribution in [0.15, 0.2) is 23.0 Å². The van der Waals surface area contributed by atoms with E-state index in [2.05, 4.69) is 5.32 Å². The van der Waals surface area contributed by atoms with E-state index in [9.17, 15) is 9.59 Å². The molecule has 2 amide bonds. The van der Waals surface area contributed by atoms with Crippen LogP contribution in [0.5, 0.6) is 0 Å². The molecule has 4 nitrogen and oxygen atoms in total. The van der Waals surface area contributed by atoms with Gasteiger partial charge in [0.1, 0.15) is 0 Å². The molecule has 2 heterocycles. The molecule has 1 fully saturated rings. The fourth-order valence-electron chi connectivity index (χ4n) is 1.48. The third-order valence-electron chi connectivity index (χ3n) is 2.18. The minimum Gasteiger partial charge on any atom is -0.472 e. The summed E-state index contributed by atoms with van der Waals surface area (Å²) in [6, 6.07) is 1.75. The Hall–Kier alpha value is -1.58. The lowest BCUT2D eigenvalue weighted by Gasteiger charge is -2.19. The van der Waals surface area contributed by atoms with Gasteiger partial charge in [-0.15, -0.1) is 0 Å². The Kier molecular flexibility index (Phi) is 1.88. The third kappa shape index (κ3) is 1.47. The number of carbonyl (C=O) groups is 2. The van der Waals surface area contributed by atoms with Gasteiger partial charge in [-0.2, -0.15) is 0 Å². The van der Waals surface area contributed by atoms with E-state index in [0.717, 1.165) is 5.56 Å². The van der Waals surface area contributed by atoms with Crippen LogP contribution in [0.2, 0.25) is 0 Å². The highest BCUT2D eigenvalue weighted by Gasteiger charge is 2.28. The molecule has 1 aliphatic rings. The molecule has 4 heteroatoms. The standard InChI is InChI=1S/C9H9NO3/c11-8-2-1-7(9(12)10-8)6-3-4-13-5-6/h3-5,7H,1-2H2,(H,10,11,12). The molecule has 1 N–H and O–H groups in total. The molecule has 0 radical (unpaired) electrons. The molecule has 68 valence electrons. The van der Waals surface area contributed by atoms with Crippen LogP contribution in [0.4, 0.5) is 0 Å². The minimum atomic E-state index is -0.226. The second kappa shape index (κ2) is 3.05. The van der Waals surface area contributed by atoms with Crippen molar-refractivity contribution in [3.05, 3.63) is 24.2 Å². The fraction of sp³-hybridized carbons (Fsp3) is 0.333. The number of carbonyl (C=O) groups excluding carboxylic acids is 2. The SMILES string of the molecule is O=C1CCC(c2ccoc2)C(=O)N1. The molecule has 0 aliphatic carbocycles. The van der Waals surface area contributed by atoms with Gasteiger partial charge in [-0.3, -0.25) is 14.9 Å². The zero-order valence-electron chi connectivity index (χ0n) is 6.95. The van der Waals surface area contributed by atoms with Gasteiger partial charge in [0, 0.05) is 12.0 Å². The summed E-state index contributed by atoms with van der Waals surface area (Å²) in [4.78, 5) is 22.2. The number of hydrogen-bond donors (Lipinski definition) is 1. The van der Waals surface area contributed by atoms with Crippen LogP contribution in [-0.2, 0) is 9.59 Å². The van der Waals surface area contributed by atoms with Crippen LogP contribution in [0, 0.1) is 0 Å². The molecule has 1 aromatic heterocycles. The van der Waals surface area contributed by atoms with Crippen LogP contribution < -0.4 is 5.32 Å². The van der Waals surface area contributed by atoms with Crippen molar-refractivity contribution in [2.24, 2.45) is 0 Å². The van der Waals surface area contributed by atoms with Crippen molar-refractivity contribution in [3.8, 4) is 0 Å². The summed E-state index contributed by atoms with van der Waals surface area (Å²) < 4.78 is 4.88. The van der Waals surface area contributed by atoms with Gasteiger partial charge in [-0.1, -0.05) is 0 Å². The fourth-order valence-corrected chi connectivity index (χ4v) is 1.48. The second-order valence-corrected chi connectivity index (χ2v) is 3.06.